The van der Waals surface area contributed by atoms with E-state index in [0.717, 1.165) is 36.5 Å². The predicted octanol–water partition coefficient (Wildman–Crippen LogP) is 3.60. The number of rotatable bonds is 8. The molecule has 6 heteroatoms. The van der Waals surface area contributed by atoms with Crippen molar-refractivity contribution in [3.05, 3.63) is 47.4 Å². The van der Waals surface area contributed by atoms with Crippen molar-refractivity contribution in [3.63, 3.8) is 0 Å². The lowest BCUT2D eigenvalue weighted by Crippen LogP contribution is -2.12. The van der Waals surface area contributed by atoms with Gasteiger partial charge in [-0.2, -0.15) is 5.10 Å². The number of nitrogens with one attached hydrogen (secondary N) is 1. The van der Waals surface area contributed by atoms with Gasteiger partial charge in [-0.1, -0.05) is 18.2 Å². The summed E-state index contributed by atoms with van der Waals surface area (Å²) in [4.78, 5) is 12.4. The van der Waals surface area contributed by atoms with E-state index in [1.165, 1.54) is 16.5 Å². The molecule has 2 aromatic heterocycles. The van der Waals surface area contributed by atoms with Crippen LogP contribution in [-0.4, -0.2) is 34.0 Å². The van der Waals surface area contributed by atoms with Gasteiger partial charge in [-0.05, 0) is 38.3 Å². The summed E-state index contributed by atoms with van der Waals surface area (Å²) in [5.41, 5.74) is 5.16. The molecule has 1 N–H and O–H groups in total. The Balaban J connectivity index is 1.62. The number of amides is 1. The Hall–Kier alpha value is -2.60. The molecule has 144 valence electrons. The second-order valence-electron chi connectivity index (χ2n) is 6.93. The molecule has 27 heavy (non-hydrogen) atoms. The SMILES string of the molecule is COCCn1cc(CCCC(=O)Nc2c(C)nn(C)c2C)c2ccccc21. The van der Waals surface area contributed by atoms with Crippen LogP contribution in [0.3, 0.4) is 0 Å². The molecule has 0 saturated heterocycles. The third-order valence-corrected chi connectivity index (χ3v) is 5.03. The van der Waals surface area contributed by atoms with Gasteiger partial charge in [0.05, 0.1) is 23.7 Å². The molecule has 0 spiro atoms. The Bertz CT molecular complexity index is 939. The van der Waals surface area contributed by atoms with E-state index in [2.05, 4.69) is 45.4 Å². The number of benzene rings is 1. The maximum atomic E-state index is 12.4. The average molecular weight is 368 g/mol. The summed E-state index contributed by atoms with van der Waals surface area (Å²) in [6.45, 7) is 5.39. The fourth-order valence-corrected chi connectivity index (χ4v) is 3.49. The van der Waals surface area contributed by atoms with Crippen LogP contribution in [0.5, 0.6) is 0 Å². The van der Waals surface area contributed by atoms with Crippen molar-refractivity contribution in [2.24, 2.45) is 7.05 Å². The first-order chi connectivity index (χ1) is 13.0. The smallest absolute Gasteiger partial charge is 0.224 e. The summed E-state index contributed by atoms with van der Waals surface area (Å²) in [5.74, 6) is 0.0392. The molecule has 0 unspecified atom stereocenters. The van der Waals surface area contributed by atoms with Gasteiger partial charge in [0.1, 0.15) is 0 Å². The highest BCUT2D eigenvalue weighted by atomic mass is 16.5. The normalized spacial score (nSPS) is 11.3. The number of aryl methyl sites for hydroxylation is 3. The fourth-order valence-electron chi connectivity index (χ4n) is 3.49. The summed E-state index contributed by atoms with van der Waals surface area (Å²) in [5, 5.41) is 8.61. The van der Waals surface area contributed by atoms with E-state index in [-0.39, 0.29) is 5.91 Å². The van der Waals surface area contributed by atoms with Crippen LogP contribution in [0.1, 0.15) is 29.8 Å². The number of ether oxygens (including phenoxy) is 1. The van der Waals surface area contributed by atoms with Crippen LogP contribution in [-0.2, 0) is 29.5 Å². The minimum Gasteiger partial charge on any atom is -0.383 e. The summed E-state index contributed by atoms with van der Waals surface area (Å²) < 4.78 is 9.24. The van der Waals surface area contributed by atoms with E-state index in [9.17, 15) is 4.79 Å². The van der Waals surface area contributed by atoms with Crippen molar-refractivity contribution in [1.29, 1.82) is 0 Å². The summed E-state index contributed by atoms with van der Waals surface area (Å²) >= 11 is 0. The van der Waals surface area contributed by atoms with Crippen LogP contribution >= 0.6 is 0 Å². The zero-order valence-corrected chi connectivity index (χ0v) is 16.6. The standard InChI is InChI=1S/C21H28N4O2/c1-15-21(16(2)24(3)23-15)22-20(26)11-7-8-17-14-25(12-13-27-4)19-10-6-5-9-18(17)19/h5-6,9-10,14H,7-8,11-13H2,1-4H3,(H,22,26). The highest BCUT2D eigenvalue weighted by Gasteiger charge is 2.13. The minimum absolute atomic E-state index is 0.0392. The van der Waals surface area contributed by atoms with E-state index in [1.54, 1.807) is 11.8 Å². The van der Waals surface area contributed by atoms with Crippen molar-refractivity contribution in [2.75, 3.05) is 19.0 Å². The first-order valence-corrected chi connectivity index (χ1v) is 9.37. The van der Waals surface area contributed by atoms with E-state index >= 15 is 0 Å². The van der Waals surface area contributed by atoms with Crippen molar-refractivity contribution >= 4 is 22.5 Å². The van der Waals surface area contributed by atoms with Crippen LogP contribution in [0.2, 0.25) is 0 Å². The van der Waals surface area contributed by atoms with Crippen LogP contribution < -0.4 is 5.32 Å². The molecule has 0 aliphatic rings. The molecule has 0 bridgehead atoms. The molecule has 1 aromatic carbocycles. The number of aromatic nitrogens is 3. The zero-order valence-electron chi connectivity index (χ0n) is 16.6. The zero-order chi connectivity index (χ0) is 19.4. The van der Waals surface area contributed by atoms with Gasteiger partial charge in [0.25, 0.3) is 0 Å². The van der Waals surface area contributed by atoms with Gasteiger partial charge in [-0.25, -0.2) is 0 Å². The Morgan fingerprint density at radius 1 is 1.26 bits per heavy atom. The van der Waals surface area contributed by atoms with Crippen LogP contribution in [0, 0.1) is 13.8 Å². The van der Waals surface area contributed by atoms with Crippen LogP contribution in [0.4, 0.5) is 5.69 Å². The first-order valence-electron chi connectivity index (χ1n) is 9.37. The third kappa shape index (κ3) is 4.22. The van der Waals surface area contributed by atoms with E-state index < -0.39 is 0 Å². The maximum Gasteiger partial charge on any atom is 0.224 e. The van der Waals surface area contributed by atoms with Gasteiger partial charge < -0.3 is 14.6 Å². The van der Waals surface area contributed by atoms with E-state index in [0.29, 0.717) is 13.0 Å². The van der Waals surface area contributed by atoms with Gasteiger partial charge >= 0.3 is 0 Å². The van der Waals surface area contributed by atoms with Crippen molar-refractivity contribution in [3.8, 4) is 0 Å². The van der Waals surface area contributed by atoms with Gasteiger partial charge in [0.15, 0.2) is 0 Å². The average Bonchev–Trinajstić information content (AvgIpc) is 3.12. The number of para-hydroxylation sites is 1. The lowest BCUT2D eigenvalue weighted by Gasteiger charge is -2.05. The molecular formula is C21H28N4O2. The van der Waals surface area contributed by atoms with Gasteiger partial charge in [-0.3, -0.25) is 9.48 Å². The number of anilines is 1. The topological polar surface area (TPSA) is 61.1 Å². The highest BCUT2D eigenvalue weighted by Crippen LogP contribution is 2.23. The van der Waals surface area contributed by atoms with Gasteiger partial charge in [0, 0.05) is 44.2 Å². The molecule has 3 rings (SSSR count). The van der Waals surface area contributed by atoms with E-state index in [4.69, 9.17) is 4.74 Å². The lowest BCUT2D eigenvalue weighted by molar-refractivity contribution is -0.116. The maximum absolute atomic E-state index is 12.4. The number of fused-ring (bicyclic) bond motifs is 1. The largest absolute Gasteiger partial charge is 0.383 e. The second-order valence-corrected chi connectivity index (χ2v) is 6.93. The van der Waals surface area contributed by atoms with E-state index in [1.807, 2.05) is 20.9 Å². The molecule has 1 amide bonds. The molecule has 0 radical (unpaired) electrons. The van der Waals surface area contributed by atoms with Crippen LogP contribution in [0.15, 0.2) is 30.5 Å². The molecule has 6 nitrogen and oxygen atoms in total. The quantitative estimate of drug-likeness (QED) is 0.661. The lowest BCUT2D eigenvalue weighted by atomic mass is 10.1. The highest BCUT2D eigenvalue weighted by molar-refractivity contribution is 5.92. The molecule has 0 aliphatic carbocycles. The molecule has 0 fully saturated rings. The molecule has 3 aromatic rings. The van der Waals surface area contributed by atoms with Crippen molar-refractivity contribution in [1.82, 2.24) is 14.3 Å². The molecule has 0 atom stereocenters. The van der Waals surface area contributed by atoms with Gasteiger partial charge in [0.2, 0.25) is 5.91 Å². The Morgan fingerprint density at radius 2 is 2.04 bits per heavy atom. The minimum atomic E-state index is 0.0392. The summed E-state index contributed by atoms with van der Waals surface area (Å²) in [6, 6.07) is 8.40. The first kappa shape index (κ1) is 19.2. The predicted molar refractivity (Wildman–Crippen MR) is 108 cm³/mol. The number of carbonyl (C=O) groups is 1. The Labute approximate surface area is 160 Å². The fraction of sp³-hybridized carbons (Fsp3) is 0.429. The molecular weight excluding hydrogens is 340 g/mol. The van der Waals surface area contributed by atoms with Gasteiger partial charge in [-0.15, -0.1) is 0 Å². The number of carbonyl (C=O) groups excluding carboxylic acids is 1. The number of methoxy groups -OCH3 is 1. The Kier molecular flexibility index (Phi) is 5.96. The number of nitrogens with zero attached hydrogens (tertiary/aromatic N) is 3. The number of hydrogen-bond acceptors (Lipinski definition) is 3. The monoisotopic (exact) mass is 368 g/mol. The van der Waals surface area contributed by atoms with Crippen LogP contribution in [0.25, 0.3) is 10.9 Å². The molecule has 2 heterocycles. The molecule has 0 saturated carbocycles. The Morgan fingerprint density at radius 3 is 2.74 bits per heavy atom. The van der Waals surface area contributed by atoms with Crippen molar-refractivity contribution in [2.45, 2.75) is 39.7 Å². The number of hydrogen-bond donors (Lipinski definition) is 1. The summed E-state index contributed by atoms with van der Waals surface area (Å²) in [6.07, 6.45) is 4.36. The summed E-state index contributed by atoms with van der Waals surface area (Å²) in [7, 11) is 3.61. The molecule has 0 aliphatic heterocycles. The second kappa shape index (κ2) is 8.39. The van der Waals surface area contributed by atoms with Crippen molar-refractivity contribution < 1.29 is 9.53 Å². The third-order valence-electron chi connectivity index (χ3n) is 5.03.